The molecule has 4 amide bonds. The van der Waals surface area contributed by atoms with Gasteiger partial charge in [-0.3, -0.25) is 9.59 Å². The van der Waals surface area contributed by atoms with E-state index in [1.165, 1.54) is 13.1 Å². The van der Waals surface area contributed by atoms with Gasteiger partial charge in [0.2, 0.25) is 11.8 Å². The first kappa shape index (κ1) is 34.8. The predicted octanol–water partition coefficient (Wildman–Crippen LogP) is 5.58. The maximum Gasteiger partial charge on any atom is 0.418 e. The summed E-state index contributed by atoms with van der Waals surface area (Å²) in [5, 5.41) is 5.45. The maximum atomic E-state index is 14.0. The summed E-state index contributed by atoms with van der Waals surface area (Å²) in [7, 11) is 5.38. The number of hydrogen-bond donors (Lipinski definition) is 2. The number of para-hydroxylation sites is 1. The topological polar surface area (TPSA) is 88.2 Å². The Hall–Kier alpha value is -3.51. The molecule has 1 unspecified atom stereocenters. The van der Waals surface area contributed by atoms with Gasteiger partial charge in [0.15, 0.2) is 0 Å². The largest absolute Gasteiger partial charge is 0.418 e. The number of rotatable bonds is 8. The first-order chi connectivity index (χ1) is 22.3. The molecule has 256 valence electrons. The monoisotopic (exact) mass is 676 g/mol. The SMILES string of the molecule is CNc1c(Cl)cc(CC(CC(=O)N2CCC(N3CCc4ccccc4NC3=O)CC2)C(=O)N2CCC(N(C)C)CC2)cc1C(F)(F)F. The second kappa shape index (κ2) is 14.7. The van der Waals surface area contributed by atoms with E-state index in [0.717, 1.165) is 36.6 Å². The molecule has 0 spiro atoms. The fraction of sp³-hybridized carbons (Fsp3) is 0.559. The van der Waals surface area contributed by atoms with Gasteiger partial charge in [-0.2, -0.15) is 13.2 Å². The van der Waals surface area contributed by atoms with Gasteiger partial charge < -0.3 is 30.2 Å². The molecule has 2 fully saturated rings. The van der Waals surface area contributed by atoms with Gasteiger partial charge in [-0.05, 0) is 81.9 Å². The van der Waals surface area contributed by atoms with Gasteiger partial charge >= 0.3 is 12.2 Å². The molecule has 0 radical (unpaired) electrons. The van der Waals surface area contributed by atoms with E-state index in [9.17, 15) is 27.6 Å². The van der Waals surface area contributed by atoms with Crippen molar-refractivity contribution < 1.29 is 27.6 Å². The second-order valence-corrected chi connectivity index (χ2v) is 13.4. The van der Waals surface area contributed by atoms with Crippen LogP contribution in [0.4, 0.5) is 29.3 Å². The smallest absolute Gasteiger partial charge is 0.386 e. The van der Waals surface area contributed by atoms with E-state index < -0.39 is 17.7 Å². The minimum absolute atomic E-state index is 0.0302. The average Bonchev–Trinajstić information content (AvgIpc) is 3.21. The van der Waals surface area contributed by atoms with E-state index in [1.807, 2.05) is 43.3 Å². The molecule has 3 heterocycles. The molecule has 13 heteroatoms. The van der Waals surface area contributed by atoms with E-state index in [2.05, 4.69) is 15.5 Å². The summed E-state index contributed by atoms with van der Waals surface area (Å²) in [6.45, 7) is 2.48. The predicted molar refractivity (Wildman–Crippen MR) is 177 cm³/mol. The van der Waals surface area contributed by atoms with Crippen molar-refractivity contribution in [2.75, 3.05) is 64.5 Å². The fourth-order valence-corrected chi connectivity index (χ4v) is 7.49. The van der Waals surface area contributed by atoms with Gasteiger partial charge in [0.05, 0.1) is 22.2 Å². The van der Waals surface area contributed by atoms with Crippen molar-refractivity contribution in [1.82, 2.24) is 19.6 Å². The molecule has 3 aliphatic heterocycles. The molecule has 1 atom stereocenters. The van der Waals surface area contributed by atoms with Crippen LogP contribution in [0.25, 0.3) is 0 Å². The van der Waals surface area contributed by atoms with E-state index in [0.29, 0.717) is 51.6 Å². The van der Waals surface area contributed by atoms with Crippen molar-refractivity contribution in [3.8, 4) is 0 Å². The standard InChI is InChI=1S/C34H44ClF3N6O3/c1-39-31-27(34(36,37)38)19-22(20-28(31)35)18-24(32(46)43-15-9-25(10-16-43)41(2)3)21-30(45)42-13-11-26(12-14-42)44-17-8-23-6-4-5-7-29(23)40-33(44)47/h4-7,19-20,24-26,39H,8-18,21H2,1-3H3,(H,40,47). The Morgan fingerprint density at radius 3 is 2.32 bits per heavy atom. The summed E-state index contributed by atoms with van der Waals surface area (Å²) in [6, 6.07) is 10.4. The van der Waals surface area contributed by atoms with Crippen LogP contribution in [0.15, 0.2) is 36.4 Å². The van der Waals surface area contributed by atoms with Gasteiger partial charge in [0, 0.05) is 64.0 Å². The van der Waals surface area contributed by atoms with Crippen LogP contribution < -0.4 is 10.6 Å². The number of hydrogen-bond acceptors (Lipinski definition) is 5. The molecule has 0 saturated carbocycles. The number of piperidine rings is 2. The van der Waals surface area contributed by atoms with Gasteiger partial charge in [-0.15, -0.1) is 0 Å². The van der Waals surface area contributed by atoms with Gasteiger partial charge in [0.25, 0.3) is 0 Å². The Morgan fingerprint density at radius 1 is 1.02 bits per heavy atom. The highest BCUT2D eigenvalue weighted by Gasteiger charge is 2.37. The molecular weight excluding hydrogens is 633 g/mol. The first-order valence-electron chi connectivity index (χ1n) is 16.3. The van der Waals surface area contributed by atoms with Crippen LogP contribution in [0.2, 0.25) is 5.02 Å². The molecule has 2 aromatic rings. The number of urea groups is 1. The Kier molecular flexibility index (Phi) is 10.9. The summed E-state index contributed by atoms with van der Waals surface area (Å²) in [4.78, 5) is 48.1. The van der Waals surface area contributed by atoms with Crippen LogP contribution >= 0.6 is 11.6 Å². The molecule has 2 saturated heterocycles. The number of nitrogens with zero attached hydrogens (tertiary/aromatic N) is 4. The number of benzene rings is 2. The van der Waals surface area contributed by atoms with Crippen molar-refractivity contribution >= 4 is 40.8 Å². The minimum Gasteiger partial charge on any atom is -0.386 e. The second-order valence-electron chi connectivity index (χ2n) is 13.0. The molecule has 2 N–H and O–H groups in total. The zero-order valence-electron chi connectivity index (χ0n) is 27.2. The Bertz CT molecular complexity index is 1460. The highest BCUT2D eigenvalue weighted by molar-refractivity contribution is 6.33. The third-order valence-electron chi connectivity index (χ3n) is 9.86. The maximum absolute atomic E-state index is 14.0. The molecule has 0 aliphatic carbocycles. The summed E-state index contributed by atoms with van der Waals surface area (Å²) in [5.74, 6) is -1.29. The Balaban J connectivity index is 1.28. The third-order valence-corrected chi connectivity index (χ3v) is 10.2. The number of anilines is 2. The van der Waals surface area contributed by atoms with E-state index in [1.54, 1.807) is 9.80 Å². The third kappa shape index (κ3) is 8.14. The van der Waals surface area contributed by atoms with Crippen molar-refractivity contribution in [3.63, 3.8) is 0 Å². The van der Waals surface area contributed by atoms with Crippen molar-refractivity contribution in [3.05, 3.63) is 58.1 Å². The highest BCUT2D eigenvalue weighted by Crippen LogP contribution is 2.40. The van der Waals surface area contributed by atoms with Crippen LogP contribution in [-0.2, 0) is 28.6 Å². The fourth-order valence-electron chi connectivity index (χ4n) is 7.16. The van der Waals surface area contributed by atoms with Gasteiger partial charge in [-0.1, -0.05) is 29.8 Å². The lowest BCUT2D eigenvalue weighted by Gasteiger charge is -2.39. The number of halogens is 4. The summed E-state index contributed by atoms with van der Waals surface area (Å²) < 4.78 is 41.9. The Morgan fingerprint density at radius 2 is 1.68 bits per heavy atom. The lowest BCUT2D eigenvalue weighted by molar-refractivity contribution is -0.143. The minimum atomic E-state index is -4.65. The normalized spacial score (nSPS) is 18.9. The molecule has 9 nitrogen and oxygen atoms in total. The average molecular weight is 677 g/mol. The number of nitrogens with one attached hydrogen (secondary N) is 2. The van der Waals surface area contributed by atoms with E-state index >= 15 is 0 Å². The van der Waals surface area contributed by atoms with Gasteiger partial charge in [0.1, 0.15) is 0 Å². The zero-order valence-corrected chi connectivity index (χ0v) is 28.0. The summed E-state index contributed by atoms with van der Waals surface area (Å²) in [6.07, 6.45) is -1.33. The molecule has 0 bridgehead atoms. The Labute approximate surface area is 279 Å². The van der Waals surface area contributed by atoms with E-state index in [4.69, 9.17) is 11.6 Å². The first-order valence-corrected chi connectivity index (χ1v) is 16.7. The number of fused-ring (bicyclic) bond motifs is 1. The lowest BCUT2D eigenvalue weighted by atomic mass is 9.91. The molecule has 0 aromatic heterocycles. The molecule has 2 aromatic carbocycles. The summed E-state index contributed by atoms with van der Waals surface area (Å²) in [5.41, 5.74) is 1.02. The van der Waals surface area contributed by atoms with Crippen molar-refractivity contribution in [2.24, 2.45) is 5.92 Å². The molecule has 47 heavy (non-hydrogen) atoms. The van der Waals surface area contributed by atoms with Crippen molar-refractivity contribution in [2.45, 2.75) is 63.2 Å². The quantitative estimate of drug-likeness (QED) is 0.381. The number of likely N-dealkylation sites (tertiary alicyclic amines) is 2. The molecular formula is C34H44ClF3N6O3. The number of amides is 4. The van der Waals surface area contributed by atoms with Gasteiger partial charge in [-0.25, -0.2) is 4.79 Å². The van der Waals surface area contributed by atoms with Crippen LogP contribution in [-0.4, -0.2) is 103 Å². The van der Waals surface area contributed by atoms with Crippen LogP contribution in [0, 0.1) is 5.92 Å². The molecule has 5 rings (SSSR count). The van der Waals surface area contributed by atoms with E-state index in [-0.39, 0.29) is 53.0 Å². The summed E-state index contributed by atoms with van der Waals surface area (Å²) >= 11 is 6.28. The van der Waals surface area contributed by atoms with Crippen LogP contribution in [0.5, 0.6) is 0 Å². The number of carbonyl (C=O) groups is 3. The highest BCUT2D eigenvalue weighted by atomic mass is 35.5. The van der Waals surface area contributed by atoms with Crippen LogP contribution in [0.1, 0.15) is 48.8 Å². The number of carbonyl (C=O) groups excluding carboxylic acids is 3. The zero-order chi connectivity index (χ0) is 33.9. The van der Waals surface area contributed by atoms with Crippen LogP contribution in [0.3, 0.4) is 0 Å². The lowest BCUT2D eigenvalue weighted by Crippen LogP contribution is -2.51. The molecule has 3 aliphatic rings. The number of alkyl halides is 3. The van der Waals surface area contributed by atoms with Crippen molar-refractivity contribution in [1.29, 1.82) is 0 Å².